The number of anilines is 1. The molecule has 0 radical (unpaired) electrons. The minimum Gasteiger partial charge on any atom is -0.506 e. The molecule has 0 aliphatic heterocycles. The zero-order valence-corrected chi connectivity index (χ0v) is 11.6. The van der Waals surface area contributed by atoms with Gasteiger partial charge in [0.25, 0.3) is 5.91 Å². The summed E-state index contributed by atoms with van der Waals surface area (Å²) in [5, 5.41) is 22.3. The van der Waals surface area contributed by atoms with E-state index in [2.05, 4.69) is 5.32 Å². The molecule has 3 aromatic rings. The summed E-state index contributed by atoms with van der Waals surface area (Å²) >= 11 is 1.23. The minimum absolute atomic E-state index is 0.00969. The van der Waals surface area contributed by atoms with Gasteiger partial charge in [0.05, 0.1) is 11.6 Å². The van der Waals surface area contributed by atoms with Crippen LogP contribution in [0.4, 0.5) is 5.69 Å². The Morgan fingerprint density at radius 1 is 1.19 bits per heavy atom. The lowest BCUT2D eigenvalue weighted by Gasteiger charge is -2.04. The molecule has 21 heavy (non-hydrogen) atoms. The lowest BCUT2D eigenvalue weighted by molar-refractivity contribution is 0.102. The van der Waals surface area contributed by atoms with Crippen molar-refractivity contribution in [3.8, 4) is 11.8 Å². The van der Waals surface area contributed by atoms with Crippen molar-refractivity contribution in [1.29, 1.82) is 5.26 Å². The normalized spacial score (nSPS) is 10.2. The number of hydrogen-bond donors (Lipinski definition) is 2. The Labute approximate surface area is 124 Å². The lowest BCUT2D eigenvalue weighted by atomic mass is 10.2. The molecule has 0 bridgehead atoms. The average Bonchev–Trinajstić information content (AvgIpc) is 2.85. The van der Waals surface area contributed by atoms with E-state index in [1.165, 1.54) is 11.3 Å². The van der Waals surface area contributed by atoms with Gasteiger partial charge in [-0.2, -0.15) is 5.26 Å². The highest BCUT2D eigenvalue weighted by molar-refractivity contribution is 7.21. The van der Waals surface area contributed by atoms with Crippen molar-refractivity contribution in [2.45, 2.75) is 0 Å². The number of thiophene rings is 1. The number of nitrogens with zero attached hydrogens (tertiary/aromatic N) is 1. The second-order valence-electron chi connectivity index (χ2n) is 4.42. The standard InChI is InChI=1S/C16H10N2O2S/c17-9-10-4-3-5-11(8-10)18-16(20)15-14(19)12-6-1-2-7-13(12)21-15/h1-8,19H,(H,18,20). The monoisotopic (exact) mass is 294 g/mol. The third-order valence-electron chi connectivity index (χ3n) is 3.03. The van der Waals surface area contributed by atoms with Crippen LogP contribution in [0, 0.1) is 11.3 Å². The summed E-state index contributed by atoms with van der Waals surface area (Å²) < 4.78 is 0.853. The summed E-state index contributed by atoms with van der Waals surface area (Å²) in [4.78, 5) is 12.5. The van der Waals surface area contributed by atoms with Gasteiger partial charge >= 0.3 is 0 Å². The van der Waals surface area contributed by atoms with E-state index in [0.717, 1.165) is 4.70 Å². The highest BCUT2D eigenvalue weighted by Crippen LogP contribution is 2.36. The first-order chi connectivity index (χ1) is 10.2. The molecule has 4 nitrogen and oxygen atoms in total. The maximum absolute atomic E-state index is 12.3. The van der Waals surface area contributed by atoms with Crippen molar-refractivity contribution in [1.82, 2.24) is 0 Å². The van der Waals surface area contributed by atoms with E-state index >= 15 is 0 Å². The van der Waals surface area contributed by atoms with Crippen molar-refractivity contribution in [2.24, 2.45) is 0 Å². The summed E-state index contributed by atoms with van der Waals surface area (Å²) in [7, 11) is 0. The van der Waals surface area contributed by atoms with Gasteiger partial charge in [0, 0.05) is 15.8 Å². The van der Waals surface area contributed by atoms with Crippen LogP contribution < -0.4 is 5.32 Å². The van der Waals surface area contributed by atoms with Crippen LogP contribution in [0.5, 0.6) is 5.75 Å². The molecule has 0 aliphatic carbocycles. The largest absolute Gasteiger partial charge is 0.506 e. The number of amides is 1. The fourth-order valence-corrected chi connectivity index (χ4v) is 3.03. The second kappa shape index (κ2) is 5.27. The Hall–Kier alpha value is -2.84. The van der Waals surface area contributed by atoms with Gasteiger partial charge in [-0.1, -0.05) is 18.2 Å². The Morgan fingerprint density at radius 3 is 2.76 bits per heavy atom. The van der Waals surface area contributed by atoms with Gasteiger partial charge < -0.3 is 10.4 Å². The fourth-order valence-electron chi connectivity index (χ4n) is 2.04. The second-order valence-corrected chi connectivity index (χ2v) is 5.47. The summed E-state index contributed by atoms with van der Waals surface area (Å²) in [6.45, 7) is 0. The number of rotatable bonds is 2. The number of nitrogens with one attached hydrogen (secondary N) is 1. The van der Waals surface area contributed by atoms with Gasteiger partial charge in [-0.05, 0) is 30.3 Å². The van der Waals surface area contributed by atoms with Crippen LogP contribution in [0.3, 0.4) is 0 Å². The van der Waals surface area contributed by atoms with Crippen LogP contribution in [0.15, 0.2) is 48.5 Å². The molecule has 2 aromatic carbocycles. The molecular weight excluding hydrogens is 284 g/mol. The number of hydrogen-bond acceptors (Lipinski definition) is 4. The topological polar surface area (TPSA) is 73.1 Å². The van der Waals surface area contributed by atoms with Crippen LogP contribution in [0.25, 0.3) is 10.1 Å². The van der Waals surface area contributed by atoms with E-state index in [4.69, 9.17) is 5.26 Å². The summed E-state index contributed by atoms with van der Waals surface area (Å²) in [6, 6.07) is 15.9. The molecule has 0 atom stereocenters. The number of fused-ring (bicyclic) bond motifs is 1. The summed E-state index contributed by atoms with van der Waals surface area (Å²) in [6.07, 6.45) is 0. The Morgan fingerprint density at radius 2 is 2.00 bits per heavy atom. The van der Waals surface area contributed by atoms with Crippen molar-refractivity contribution < 1.29 is 9.90 Å². The molecule has 102 valence electrons. The maximum Gasteiger partial charge on any atom is 0.269 e. The SMILES string of the molecule is N#Cc1cccc(NC(=O)c2sc3ccccc3c2O)c1. The van der Waals surface area contributed by atoms with Gasteiger partial charge in [-0.25, -0.2) is 0 Å². The number of aromatic hydroxyl groups is 1. The maximum atomic E-state index is 12.3. The van der Waals surface area contributed by atoms with E-state index in [1.54, 1.807) is 30.3 Å². The van der Waals surface area contributed by atoms with Crippen molar-refractivity contribution >= 4 is 33.0 Å². The molecule has 5 heteroatoms. The zero-order valence-electron chi connectivity index (χ0n) is 10.8. The summed E-state index contributed by atoms with van der Waals surface area (Å²) in [5.74, 6) is -0.395. The van der Waals surface area contributed by atoms with Crippen LogP contribution in [0.2, 0.25) is 0 Å². The molecule has 0 spiro atoms. The first kappa shape index (κ1) is 13.2. The van der Waals surface area contributed by atoms with Crippen LogP contribution >= 0.6 is 11.3 Å². The molecule has 3 rings (SSSR count). The van der Waals surface area contributed by atoms with Gasteiger partial charge in [-0.15, -0.1) is 11.3 Å². The molecule has 0 fully saturated rings. The molecule has 0 saturated carbocycles. The van der Waals surface area contributed by atoms with Crippen LogP contribution in [-0.4, -0.2) is 11.0 Å². The highest BCUT2D eigenvalue weighted by atomic mass is 32.1. The highest BCUT2D eigenvalue weighted by Gasteiger charge is 2.17. The predicted molar refractivity (Wildman–Crippen MR) is 82.6 cm³/mol. The van der Waals surface area contributed by atoms with E-state index in [9.17, 15) is 9.90 Å². The molecule has 0 unspecified atom stereocenters. The van der Waals surface area contributed by atoms with Crippen molar-refractivity contribution in [3.05, 3.63) is 59.0 Å². The number of carbonyl (C=O) groups excluding carboxylic acids is 1. The Bertz CT molecular complexity index is 877. The molecule has 1 aromatic heterocycles. The predicted octanol–water partition coefficient (Wildman–Crippen LogP) is 3.73. The van der Waals surface area contributed by atoms with E-state index in [0.29, 0.717) is 16.6 Å². The van der Waals surface area contributed by atoms with Gasteiger partial charge in [0.1, 0.15) is 10.6 Å². The summed E-state index contributed by atoms with van der Waals surface area (Å²) in [5.41, 5.74) is 0.990. The van der Waals surface area contributed by atoms with Crippen molar-refractivity contribution in [2.75, 3.05) is 5.32 Å². The van der Waals surface area contributed by atoms with E-state index in [1.807, 2.05) is 24.3 Å². The Kier molecular flexibility index (Phi) is 3.30. The first-order valence-corrected chi connectivity index (χ1v) is 7.02. The molecule has 0 aliphatic rings. The molecule has 1 amide bonds. The van der Waals surface area contributed by atoms with Crippen LogP contribution in [-0.2, 0) is 0 Å². The molecule has 2 N–H and O–H groups in total. The van der Waals surface area contributed by atoms with Gasteiger partial charge in [0.15, 0.2) is 0 Å². The fraction of sp³-hybridized carbons (Fsp3) is 0. The third-order valence-corrected chi connectivity index (χ3v) is 4.18. The first-order valence-electron chi connectivity index (χ1n) is 6.21. The quantitative estimate of drug-likeness (QED) is 0.756. The van der Waals surface area contributed by atoms with Crippen molar-refractivity contribution in [3.63, 3.8) is 0 Å². The molecule has 0 saturated heterocycles. The molecule has 1 heterocycles. The third kappa shape index (κ3) is 2.45. The van der Waals surface area contributed by atoms with Crippen LogP contribution in [0.1, 0.15) is 15.2 Å². The smallest absolute Gasteiger partial charge is 0.269 e. The zero-order chi connectivity index (χ0) is 14.8. The number of nitriles is 1. The van der Waals surface area contributed by atoms with Gasteiger partial charge in [0.2, 0.25) is 0 Å². The van der Waals surface area contributed by atoms with E-state index in [-0.39, 0.29) is 16.5 Å². The average molecular weight is 294 g/mol. The number of carbonyl (C=O) groups is 1. The minimum atomic E-state index is -0.385. The Balaban J connectivity index is 1.94. The van der Waals surface area contributed by atoms with E-state index < -0.39 is 0 Å². The lowest BCUT2D eigenvalue weighted by Crippen LogP contribution is -2.10. The number of benzene rings is 2. The molecular formula is C16H10N2O2S. The van der Waals surface area contributed by atoms with Gasteiger partial charge in [-0.3, -0.25) is 4.79 Å².